The zero-order valence-corrected chi connectivity index (χ0v) is 22.6. The third-order valence-electron chi connectivity index (χ3n) is 6.47. The van der Waals surface area contributed by atoms with E-state index in [1.54, 1.807) is 18.4 Å². The van der Waals surface area contributed by atoms with Crippen molar-refractivity contribution in [2.24, 2.45) is 4.99 Å². The lowest BCUT2D eigenvalue weighted by Crippen LogP contribution is -2.39. The Morgan fingerprint density at radius 1 is 1.11 bits per heavy atom. The van der Waals surface area contributed by atoms with Crippen molar-refractivity contribution in [3.63, 3.8) is 0 Å². The molecule has 0 N–H and O–H groups in total. The molecule has 0 bridgehead atoms. The van der Waals surface area contributed by atoms with Crippen molar-refractivity contribution in [2.75, 3.05) is 6.61 Å². The highest BCUT2D eigenvalue weighted by atomic mass is 35.5. The van der Waals surface area contributed by atoms with Gasteiger partial charge in [-0.1, -0.05) is 53.3 Å². The number of aryl methyl sites for hydroxylation is 1. The van der Waals surface area contributed by atoms with Gasteiger partial charge in [-0.15, -0.1) is 0 Å². The van der Waals surface area contributed by atoms with E-state index < -0.39 is 12.0 Å². The summed E-state index contributed by atoms with van der Waals surface area (Å²) in [6, 6.07) is 18.7. The molecule has 0 saturated carbocycles. The molecular formula is C29H26ClN3O3S. The quantitative estimate of drug-likeness (QED) is 0.345. The number of hydrogen-bond acceptors (Lipinski definition) is 5. The summed E-state index contributed by atoms with van der Waals surface area (Å²) in [6.07, 6.45) is 1.91. The van der Waals surface area contributed by atoms with Crippen molar-refractivity contribution in [2.45, 2.75) is 33.7 Å². The van der Waals surface area contributed by atoms with Crippen LogP contribution in [0.5, 0.6) is 0 Å². The fourth-order valence-corrected chi connectivity index (χ4v) is 5.97. The van der Waals surface area contributed by atoms with Crippen LogP contribution in [0, 0.1) is 13.8 Å². The zero-order valence-electron chi connectivity index (χ0n) is 21.0. The molecule has 37 heavy (non-hydrogen) atoms. The normalized spacial score (nSPS) is 15.5. The first-order valence-corrected chi connectivity index (χ1v) is 13.2. The van der Waals surface area contributed by atoms with Crippen LogP contribution in [0.3, 0.4) is 0 Å². The van der Waals surface area contributed by atoms with Gasteiger partial charge in [-0.2, -0.15) is 0 Å². The van der Waals surface area contributed by atoms with E-state index in [1.165, 1.54) is 11.3 Å². The van der Waals surface area contributed by atoms with Crippen molar-refractivity contribution < 1.29 is 9.53 Å². The highest BCUT2D eigenvalue weighted by molar-refractivity contribution is 7.07. The van der Waals surface area contributed by atoms with Gasteiger partial charge in [-0.25, -0.2) is 9.79 Å². The molecule has 0 radical (unpaired) electrons. The van der Waals surface area contributed by atoms with Crippen molar-refractivity contribution in [1.29, 1.82) is 0 Å². The largest absolute Gasteiger partial charge is 0.463 e. The van der Waals surface area contributed by atoms with Crippen LogP contribution in [0.25, 0.3) is 11.8 Å². The molecule has 188 valence electrons. The molecule has 8 heteroatoms. The van der Waals surface area contributed by atoms with Crippen LogP contribution in [0.15, 0.2) is 81.7 Å². The van der Waals surface area contributed by atoms with Crippen molar-refractivity contribution in [3.05, 3.63) is 119 Å². The van der Waals surface area contributed by atoms with Gasteiger partial charge in [0.2, 0.25) is 0 Å². The smallest absolute Gasteiger partial charge is 0.338 e. The summed E-state index contributed by atoms with van der Waals surface area (Å²) in [7, 11) is 0. The van der Waals surface area contributed by atoms with Crippen molar-refractivity contribution in [1.82, 2.24) is 9.13 Å². The lowest BCUT2D eigenvalue weighted by atomic mass is 9.96. The molecule has 3 heterocycles. The van der Waals surface area contributed by atoms with Crippen molar-refractivity contribution >= 4 is 35.0 Å². The second kappa shape index (κ2) is 10.00. The number of benzene rings is 2. The van der Waals surface area contributed by atoms with Gasteiger partial charge < -0.3 is 9.30 Å². The number of esters is 1. The number of carbonyl (C=O) groups is 1. The minimum absolute atomic E-state index is 0.191. The molecule has 1 aliphatic heterocycles. The third kappa shape index (κ3) is 4.49. The fraction of sp³-hybridized carbons (Fsp3) is 0.207. The van der Waals surface area contributed by atoms with Crippen LogP contribution < -0.4 is 14.9 Å². The van der Waals surface area contributed by atoms with Gasteiger partial charge in [0.05, 0.1) is 28.5 Å². The second-order valence-corrected chi connectivity index (χ2v) is 10.3. The average molecular weight is 532 g/mol. The first kappa shape index (κ1) is 25.0. The maximum absolute atomic E-state index is 13.8. The number of hydrogen-bond donors (Lipinski definition) is 0. The first-order valence-electron chi connectivity index (χ1n) is 12.0. The lowest BCUT2D eigenvalue weighted by Gasteiger charge is -2.24. The molecular weight excluding hydrogens is 506 g/mol. The standard InChI is InChI=1S/C29H26ClN3O3S/c1-5-36-28(35)25-18(3)31-29-33(26(25)20-9-7-6-8-10-20)27(34)24(37-29)16-21-15-17(2)32(19(21)4)23-13-11-22(30)12-14-23/h6-16,26H,5H2,1-4H3/b24-16-/t26-/m1/s1. The number of rotatable bonds is 5. The van der Waals surface area contributed by atoms with Crippen LogP contribution in [0.2, 0.25) is 5.02 Å². The Kier molecular flexibility index (Phi) is 6.75. The number of thiazole rings is 1. The van der Waals surface area contributed by atoms with Gasteiger partial charge in [0, 0.05) is 22.1 Å². The molecule has 0 unspecified atom stereocenters. The molecule has 0 saturated heterocycles. The Morgan fingerprint density at radius 3 is 2.49 bits per heavy atom. The van der Waals surface area contributed by atoms with E-state index in [9.17, 15) is 9.59 Å². The molecule has 5 rings (SSSR count). The van der Waals surface area contributed by atoms with Gasteiger partial charge in [-0.3, -0.25) is 9.36 Å². The Hall–Kier alpha value is -3.68. The van der Waals surface area contributed by atoms with Crippen LogP contribution in [0.4, 0.5) is 0 Å². The van der Waals surface area contributed by atoms with Crippen LogP contribution >= 0.6 is 22.9 Å². The number of carbonyl (C=O) groups excluding carboxylic acids is 1. The summed E-state index contributed by atoms with van der Waals surface area (Å²) in [4.78, 5) is 32.0. The number of nitrogens with zero attached hydrogens (tertiary/aromatic N) is 3. The number of fused-ring (bicyclic) bond motifs is 1. The maximum atomic E-state index is 13.8. The molecule has 0 aliphatic carbocycles. The Labute approximate surface area is 223 Å². The summed E-state index contributed by atoms with van der Waals surface area (Å²) >= 11 is 7.40. The molecule has 0 amide bonds. The van der Waals surface area contributed by atoms with E-state index in [1.807, 2.05) is 74.5 Å². The lowest BCUT2D eigenvalue weighted by molar-refractivity contribution is -0.139. The number of allylic oxidation sites excluding steroid dienone is 1. The number of halogens is 1. The fourth-order valence-electron chi connectivity index (χ4n) is 4.80. The predicted octanol–water partition coefficient (Wildman–Crippen LogP) is 4.86. The summed E-state index contributed by atoms with van der Waals surface area (Å²) in [6.45, 7) is 7.86. The van der Waals surface area contributed by atoms with Crippen molar-refractivity contribution in [3.8, 4) is 5.69 Å². The Balaban J connectivity index is 1.68. The van der Waals surface area contributed by atoms with E-state index in [0.29, 0.717) is 25.6 Å². The van der Waals surface area contributed by atoms with Crippen LogP contribution in [-0.2, 0) is 9.53 Å². The Bertz CT molecular complexity index is 1710. The van der Waals surface area contributed by atoms with E-state index in [0.717, 1.165) is 28.2 Å². The second-order valence-electron chi connectivity index (χ2n) is 8.85. The zero-order chi connectivity index (χ0) is 26.3. The summed E-state index contributed by atoms with van der Waals surface area (Å²) in [5.74, 6) is -0.460. The number of aromatic nitrogens is 2. The first-order chi connectivity index (χ1) is 17.8. The van der Waals surface area contributed by atoms with Crippen LogP contribution in [0.1, 0.15) is 42.4 Å². The minimum Gasteiger partial charge on any atom is -0.463 e. The SMILES string of the molecule is CCOC(=O)C1=C(C)N=c2s/c(=C\c3cc(C)n(-c4ccc(Cl)cc4)c3C)c(=O)n2[C@@H]1c1ccccc1. The maximum Gasteiger partial charge on any atom is 0.338 e. The molecule has 2 aromatic carbocycles. The van der Waals surface area contributed by atoms with Gasteiger partial charge in [0.25, 0.3) is 5.56 Å². The van der Waals surface area contributed by atoms with Gasteiger partial charge in [-0.05, 0) is 75.2 Å². The number of ether oxygens (including phenoxy) is 1. The molecule has 1 atom stereocenters. The van der Waals surface area contributed by atoms with E-state index in [2.05, 4.69) is 15.6 Å². The van der Waals surface area contributed by atoms with Gasteiger partial charge >= 0.3 is 5.97 Å². The summed E-state index contributed by atoms with van der Waals surface area (Å²) < 4.78 is 9.65. The molecule has 4 aromatic rings. The van der Waals surface area contributed by atoms with E-state index in [4.69, 9.17) is 16.3 Å². The summed E-state index contributed by atoms with van der Waals surface area (Å²) in [5.41, 5.74) is 5.57. The van der Waals surface area contributed by atoms with E-state index >= 15 is 0 Å². The summed E-state index contributed by atoms with van der Waals surface area (Å²) in [5, 5.41) is 0.679. The topological polar surface area (TPSA) is 65.6 Å². The third-order valence-corrected chi connectivity index (χ3v) is 7.71. The van der Waals surface area contributed by atoms with E-state index in [-0.39, 0.29) is 12.2 Å². The average Bonchev–Trinajstić information content (AvgIpc) is 3.33. The van der Waals surface area contributed by atoms with Crippen LogP contribution in [-0.4, -0.2) is 21.7 Å². The predicted molar refractivity (Wildman–Crippen MR) is 147 cm³/mol. The van der Waals surface area contributed by atoms with Gasteiger partial charge in [0.1, 0.15) is 0 Å². The Morgan fingerprint density at radius 2 is 1.81 bits per heavy atom. The highest BCUT2D eigenvalue weighted by Gasteiger charge is 2.33. The molecule has 1 aliphatic rings. The molecule has 0 spiro atoms. The monoisotopic (exact) mass is 531 g/mol. The molecule has 2 aromatic heterocycles. The highest BCUT2D eigenvalue weighted by Crippen LogP contribution is 2.30. The van der Waals surface area contributed by atoms with Gasteiger partial charge in [0.15, 0.2) is 4.80 Å². The molecule has 0 fully saturated rings. The minimum atomic E-state index is -0.611. The molecule has 6 nitrogen and oxygen atoms in total.